The molecule has 0 bridgehead atoms. The van der Waals surface area contributed by atoms with E-state index in [1.54, 1.807) is 0 Å². The third kappa shape index (κ3) is 3.89. The second kappa shape index (κ2) is 6.35. The number of amides is 1. The topological polar surface area (TPSA) is 102 Å². The highest BCUT2D eigenvalue weighted by molar-refractivity contribution is 7.90. The van der Waals surface area contributed by atoms with E-state index in [4.69, 9.17) is 0 Å². The zero-order valence-corrected chi connectivity index (χ0v) is 12.3. The van der Waals surface area contributed by atoms with Crippen LogP contribution in [0.25, 0.3) is 0 Å². The molecule has 0 radical (unpaired) electrons. The van der Waals surface area contributed by atoms with Crippen molar-refractivity contribution in [2.75, 3.05) is 12.4 Å². The summed E-state index contributed by atoms with van der Waals surface area (Å²) in [6, 6.07) is 5.46. The number of carbonyl (C=O) groups is 2. The van der Waals surface area contributed by atoms with Crippen LogP contribution in [-0.2, 0) is 19.6 Å². The Labute approximate surface area is 127 Å². The highest BCUT2D eigenvalue weighted by Crippen LogP contribution is 2.17. The number of ketones is 1. The Morgan fingerprint density at radius 1 is 1.09 bits per heavy atom. The predicted octanol–water partition coefficient (Wildman–Crippen LogP) is 1.69. The minimum Gasteiger partial charge on any atom is -0.453 e. The molecule has 0 heterocycles. The molecule has 1 aliphatic carbocycles. The number of carbonyl (C=O) groups excluding carboxylic acids is 2. The van der Waals surface area contributed by atoms with Crippen LogP contribution in [0.5, 0.6) is 0 Å². The van der Waals surface area contributed by atoms with Crippen LogP contribution in [0, 0.1) is 0 Å². The van der Waals surface area contributed by atoms with Gasteiger partial charge in [-0.1, -0.05) is 0 Å². The van der Waals surface area contributed by atoms with Gasteiger partial charge in [0.15, 0.2) is 5.78 Å². The van der Waals surface area contributed by atoms with E-state index in [9.17, 15) is 18.0 Å². The maximum Gasteiger partial charge on any atom is 0.411 e. The number of nitrogens with one attached hydrogen (secondary N) is 1. The minimum atomic E-state index is -3.90. The number of nitrogens with zero attached hydrogens (tertiary/aromatic N) is 1. The lowest BCUT2D eigenvalue weighted by atomic mass is 10.2. The van der Waals surface area contributed by atoms with Crippen molar-refractivity contribution in [2.24, 2.45) is 4.40 Å². The summed E-state index contributed by atoms with van der Waals surface area (Å²) in [5.41, 5.74) is 0.554. The van der Waals surface area contributed by atoms with Crippen molar-refractivity contribution in [3.8, 4) is 0 Å². The van der Waals surface area contributed by atoms with Crippen LogP contribution < -0.4 is 5.32 Å². The van der Waals surface area contributed by atoms with Crippen molar-refractivity contribution < 1.29 is 22.7 Å². The van der Waals surface area contributed by atoms with Crippen LogP contribution in [-0.4, -0.2) is 33.1 Å². The third-order valence-electron chi connectivity index (χ3n) is 2.65. The molecule has 1 aromatic carbocycles. The van der Waals surface area contributed by atoms with Gasteiger partial charge in [0, 0.05) is 5.69 Å². The van der Waals surface area contributed by atoms with Crippen LogP contribution >= 0.6 is 0 Å². The Bertz CT molecular complexity index is 771. The maximum absolute atomic E-state index is 12.1. The maximum atomic E-state index is 12.1. The molecule has 1 amide bonds. The smallest absolute Gasteiger partial charge is 0.411 e. The molecule has 2 rings (SSSR count). The van der Waals surface area contributed by atoms with Crippen LogP contribution in [0.15, 0.2) is 57.9 Å². The van der Waals surface area contributed by atoms with Crippen molar-refractivity contribution in [1.29, 1.82) is 0 Å². The summed E-state index contributed by atoms with van der Waals surface area (Å²) < 4.78 is 32.3. The van der Waals surface area contributed by atoms with Crippen molar-refractivity contribution in [3.63, 3.8) is 0 Å². The van der Waals surface area contributed by atoms with Gasteiger partial charge in [-0.25, -0.2) is 4.79 Å². The Kier molecular flexibility index (Phi) is 4.52. The number of allylic oxidation sites excluding steroid dienone is 4. The van der Waals surface area contributed by atoms with Gasteiger partial charge >= 0.3 is 6.09 Å². The number of ether oxygens (including phenoxy) is 1. The van der Waals surface area contributed by atoms with E-state index in [0.29, 0.717) is 5.69 Å². The molecule has 0 unspecified atom stereocenters. The van der Waals surface area contributed by atoms with Crippen LogP contribution in [0.4, 0.5) is 10.5 Å². The molecule has 22 heavy (non-hydrogen) atoms. The average Bonchev–Trinajstić information content (AvgIpc) is 2.50. The van der Waals surface area contributed by atoms with Gasteiger partial charge in [0.2, 0.25) is 0 Å². The lowest BCUT2D eigenvalue weighted by Crippen LogP contribution is -2.11. The first kappa shape index (κ1) is 15.6. The number of hydrogen-bond donors (Lipinski definition) is 1. The molecule has 8 heteroatoms. The van der Waals surface area contributed by atoms with Gasteiger partial charge in [0.05, 0.1) is 17.7 Å². The fraction of sp³-hybridized carbons (Fsp3) is 0.0714. The van der Waals surface area contributed by atoms with Gasteiger partial charge in [0.25, 0.3) is 10.0 Å². The van der Waals surface area contributed by atoms with E-state index in [0.717, 1.165) is 0 Å². The number of rotatable bonds is 3. The molecule has 0 spiro atoms. The summed E-state index contributed by atoms with van der Waals surface area (Å²) in [7, 11) is -2.68. The first-order chi connectivity index (χ1) is 10.4. The van der Waals surface area contributed by atoms with E-state index in [2.05, 4.69) is 14.5 Å². The van der Waals surface area contributed by atoms with E-state index in [-0.39, 0.29) is 16.4 Å². The van der Waals surface area contributed by atoms with Gasteiger partial charge in [-0.2, -0.15) is 12.8 Å². The van der Waals surface area contributed by atoms with Gasteiger partial charge in [0.1, 0.15) is 0 Å². The summed E-state index contributed by atoms with van der Waals surface area (Å²) in [5, 5.41) is 2.40. The molecule has 0 saturated heterocycles. The van der Waals surface area contributed by atoms with Crippen LogP contribution in [0.3, 0.4) is 0 Å². The highest BCUT2D eigenvalue weighted by atomic mass is 32.2. The number of benzene rings is 1. The predicted molar refractivity (Wildman–Crippen MR) is 80.4 cm³/mol. The average molecular weight is 320 g/mol. The Balaban J connectivity index is 2.22. The number of hydrogen-bond acceptors (Lipinski definition) is 5. The molecule has 1 aromatic rings. The molecule has 7 nitrogen and oxygen atoms in total. The van der Waals surface area contributed by atoms with Crippen LogP contribution in [0.1, 0.15) is 0 Å². The first-order valence-corrected chi connectivity index (χ1v) is 7.55. The van der Waals surface area contributed by atoms with Gasteiger partial charge in [-0.15, -0.1) is 0 Å². The molecule has 114 valence electrons. The van der Waals surface area contributed by atoms with Gasteiger partial charge in [-0.05, 0) is 48.6 Å². The van der Waals surface area contributed by atoms with E-state index < -0.39 is 16.1 Å². The molecule has 0 atom stereocenters. The summed E-state index contributed by atoms with van der Waals surface area (Å²) in [4.78, 5) is 22.0. The monoisotopic (exact) mass is 320 g/mol. The second-order valence-electron chi connectivity index (χ2n) is 4.20. The lowest BCUT2D eigenvalue weighted by Gasteiger charge is -2.05. The van der Waals surface area contributed by atoms with E-state index >= 15 is 0 Å². The molecule has 1 N–H and O–H groups in total. The van der Waals surface area contributed by atoms with E-state index in [1.165, 1.54) is 55.7 Å². The largest absolute Gasteiger partial charge is 0.453 e. The fourth-order valence-electron chi connectivity index (χ4n) is 1.58. The molecule has 0 aliphatic heterocycles. The SMILES string of the molecule is COC(=O)Nc1ccc(S(=O)(=O)N=C2C=CC(=O)C=C2)cc1. The third-order valence-corrected chi connectivity index (χ3v) is 3.97. The lowest BCUT2D eigenvalue weighted by molar-refractivity contribution is -0.110. The van der Waals surface area contributed by atoms with Crippen molar-refractivity contribution in [1.82, 2.24) is 0 Å². The summed E-state index contributed by atoms with van der Waals surface area (Å²) >= 11 is 0. The van der Waals surface area contributed by atoms with Gasteiger partial charge < -0.3 is 4.74 Å². The zero-order chi connectivity index (χ0) is 16.2. The molecule has 1 aliphatic rings. The minimum absolute atomic E-state index is 0.0332. The Morgan fingerprint density at radius 2 is 1.68 bits per heavy atom. The highest BCUT2D eigenvalue weighted by Gasteiger charge is 2.14. The van der Waals surface area contributed by atoms with E-state index in [1.807, 2.05) is 0 Å². The Morgan fingerprint density at radius 3 is 2.23 bits per heavy atom. The fourth-order valence-corrected chi connectivity index (χ4v) is 2.56. The summed E-state index contributed by atoms with van der Waals surface area (Å²) in [5.74, 6) is -0.227. The van der Waals surface area contributed by atoms with Crippen molar-refractivity contribution in [2.45, 2.75) is 4.90 Å². The number of methoxy groups -OCH3 is 1. The molecule has 0 fully saturated rings. The normalized spacial score (nSPS) is 13.9. The summed E-state index contributed by atoms with van der Waals surface area (Å²) in [6.07, 6.45) is 4.47. The second-order valence-corrected chi connectivity index (χ2v) is 5.81. The molecule has 0 aromatic heterocycles. The quantitative estimate of drug-likeness (QED) is 0.854. The van der Waals surface area contributed by atoms with Gasteiger partial charge in [-0.3, -0.25) is 10.1 Å². The van der Waals surface area contributed by atoms with Crippen molar-refractivity contribution in [3.05, 3.63) is 48.6 Å². The van der Waals surface area contributed by atoms with Crippen molar-refractivity contribution >= 4 is 33.3 Å². The summed E-state index contributed by atoms with van der Waals surface area (Å²) in [6.45, 7) is 0. The molecular formula is C14H12N2O5S. The standard InChI is InChI=1S/C14H12N2O5S/c1-21-14(18)15-10-4-8-13(9-5-10)22(19,20)16-11-2-6-12(17)7-3-11/h2-9H,1H3,(H,15,18). The van der Waals surface area contributed by atoms with Crippen LogP contribution in [0.2, 0.25) is 0 Å². The first-order valence-electron chi connectivity index (χ1n) is 6.11. The molecule has 0 saturated carbocycles. The molecular weight excluding hydrogens is 308 g/mol. The number of anilines is 1. The Hall–Kier alpha value is -2.74. The zero-order valence-electron chi connectivity index (χ0n) is 11.5. The number of sulfonamides is 1.